The van der Waals surface area contributed by atoms with E-state index >= 15 is 0 Å². The largest absolute Gasteiger partial charge is 0.339 e. The number of amides is 2. The van der Waals surface area contributed by atoms with Crippen LogP contribution >= 0.6 is 0 Å². The fraction of sp³-hybridized carbons (Fsp3) is 0.481. The first kappa shape index (κ1) is 23.3. The lowest BCUT2D eigenvalue weighted by atomic mass is 9.80. The van der Waals surface area contributed by atoms with Crippen LogP contribution in [0.4, 0.5) is 11.4 Å². The van der Waals surface area contributed by atoms with Crippen LogP contribution in [0.3, 0.4) is 0 Å². The number of β-lactam (4-membered cyclic amide) rings is 1. The van der Waals surface area contributed by atoms with E-state index in [1.165, 1.54) is 5.69 Å². The minimum atomic E-state index is -0.364. The van der Waals surface area contributed by atoms with Crippen LogP contribution in [-0.2, 0) is 16.0 Å². The summed E-state index contributed by atoms with van der Waals surface area (Å²) in [5.41, 5.74) is 6.15. The highest BCUT2D eigenvalue weighted by molar-refractivity contribution is 5.97. The number of carbonyl (C=O) groups is 2. The maximum absolute atomic E-state index is 13.2. The Morgan fingerprint density at radius 1 is 1.20 bits per heavy atom. The molecular formula is C27H34N6O2. The van der Waals surface area contributed by atoms with Gasteiger partial charge in [0.15, 0.2) is 5.65 Å². The van der Waals surface area contributed by atoms with Gasteiger partial charge in [0.25, 0.3) is 0 Å². The molecule has 0 saturated carbocycles. The number of nitrogens with zero attached hydrogens (tertiary/aromatic N) is 6. The van der Waals surface area contributed by atoms with Crippen molar-refractivity contribution in [2.45, 2.75) is 59.0 Å². The highest BCUT2D eigenvalue weighted by Gasteiger charge is 2.43. The highest BCUT2D eigenvalue weighted by Crippen LogP contribution is 2.40. The predicted molar refractivity (Wildman–Crippen MR) is 136 cm³/mol. The second-order valence-electron chi connectivity index (χ2n) is 10.9. The lowest BCUT2D eigenvalue weighted by Crippen LogP contribution is -2.58. The van der Waals surface area contributed by atoms with E-state index < -0.39 is 0 Å². The minimum absolute atomic E-state index is 0.00864. The second-order valence-corrected chi connectivity index (χ2v) is 10.9. The highest BCUT2D eigenvalue weighted by atomic mass is 16.2. The van der Waals surface area contributed by atoms with Crippen LogP contribution in [0, 0.1) is 12.3 Å². The second kappa shape index (κ2) is 8.36. The molecule has 4 heterocycles. The van der Waals surface area contributed by atoms with E-state index in [4.69, 9.17) is 0 Å². The summed E-state index contributed by atoms with van der Waals surface area (Å²) < 4.78 is 1.98. The summed E-state index contributed by atoms with van der Waals surface area (Å²) in [6, 6.07) is 10.1. The molecule has 2 amide bonds. The van der Waals surface area contributed by atoms with Gasteiger partial charge in [-0.15, -0.1) is 0 Å². The average Bonchev–Trinajstić information content (AvgIpc) is 3.22. The Bertz CT molecular complexity index is 1290. The van der Waals surface area contributed by atoms with E-state index in [9.17, 15) is 9.59 Å². The van der Waals surface area contributed by atoms with Crippen LogP contribution < -0.4 is 4.90 Å². The summed E-state index contributed by atoms with van der Waals surface area (Å²) in [7, 11) is 3.56. The molecule has 8 nitrogen and oxygen atoms in total. The van der Waals surface area contributed by atoms with Crippen LogP contribution in [0.5, 0.6) is 0 Å². The van der Waals surface area contributed by atoms with Crippen LogP contribution in [0.15, 0.2) is 36.5 Å². The van der Waals surface area contributed by atoms with Crippen molar-refractivity contribution in [3.05, 3.63) is 53.5 Å². The Kier molecular flexibility index (Phi) is 5.57. The maximum atomic E-state index is 13.2. The number of fused-ring (bicyclic) bond motifs is 3. The lowest BCUT2D eigenvalue weighted by Gasteiger charge is -2.44. The van der Waals surface area contributed by atoms with Gasteiger partial charge in [0, 0.05) is 32.4 Å². The zero-order chi connectivity index (χ0) is 25.1. The molecule has 1 aromatic carbocycles. The van der Waals surface area contributed by atoms with Crippen molar-refractivity contribution in [3.8, 4) is 0 Å². The Morgan fingerprint density at radius 2 is 1.91 bits per heavy atom. The van der Waals surface area contributed by atoms with Gasteiger partial charge in [-0.2, -0.15) is 5.10 Å². The molecule has 0 unspecified atom stereocenters. The Balaban J connectivity index is 1.44. The number of aryl methyl sites for hydroxylation is 2. The zero-order valence-corrected chi connectivity index (χ0v) is 21.4. The molecule has 2 aliphatic rings. The quantitative estimate of drug-likeness (QED) is 0.536. The Labute approximate surface area is 206 Å². The predicted octanol–water partition coefficient (Wildman–Crippen LogP) is 3.90. The summed E-state index contributed by atoms with van der Waals surface area (Å²) >= 11 is 0. The van der Waals surface area contributed by atoms with Crippen molar-refractivity contribution < 1.29 is 9.59 Å². The number of rotatable bonds is 4. The van der Waals surface area contributed by atoms with Gasteiger partial charge in [-0.25, -0.2) is 9.50 Å². The third kappa shape index (κ3) is 3.94. The topological polar surface area (TPSA) is 74.0 Å². The van der Waals surface area contributed by atoms with Crippen molar-refractivity contribution in [2.75, 3.05) is 25.5 Å². The molecular weight excluding hydrogens is 440 g/mol. The van der Waals surface area contributed by atoms with Crippen molar-refractivity contribution >= 4 is 28.8 Å². The number of likely N-dealkylation sites (N-methyl/N-ethyl adjacent to an activating group) is 2. The van der Waals surface area contributed by atoms with Crippen LogP contribution in [0.25, 0.3) is 5.65 Å². The van der Waals surface area contributed by atoms with Gasteiger partial charge in [-0.3, -0.25) is 9.59 Å². The minimum Gasteiger partial charge on any atom is -0.339 e. The van der Waals surface area contributed by atoms with E-state index in [2.05, 4.69) is 60.0 Å². The number of likely N-dealkylation sites (tertiary alicyclic amines) is 1. The van der Waals surface area contributed by atoms with Gasteiger partial charge in [0.2, 0.25) is 11.8 Å². The number of anilines is 2. The lowest BCUT2D eigenvalue weighted by molar-refractivity contribution is -0.157. The summed E-state index contributed by atoms with van der Waals surface area (Å²) in [5.74, 6) is 0.0120. The molecule has 2 aliphatic heterocycles. The van der Waals surface area contributed by atoms with Crippen LogP contribution in [-0.4, -0.2) is 62.9 Å². The molecule has 0 radical (unpaired) electrons. The molecule has 1 fully saturated rings. The molecule has 8 heteroatoms. The molecule has 1 saturated heterocycles. The molecule has 5 rings (SSSR count). The summed E-state index contributed by atoms with van der Waals surface area (Å²) in [6.07, 6.45) is 4.27. The molecule has 0 bridgehead atoms. The standard InChI is InChI=1S/C27H34N6O2/c1-17-14-23-28-16-22-20(33(23)29-17)8-7-13-32(22)19-11-9-18(10-12-19)25(27(2,3)4)31(6)26(35)21-15-24(34)30(21)5/h9-12,14,16,21,25H,7-8,13,15H2,1-6H3/t21-,25-/m0/s1. The average molecular weight is 475 g/mol. The Morgan fingerprint density at radius 3 is 2.54 bits per heavy atom. The number of hydrogen-bond donors (Lipinski definition) is 0. The maximum Gasteiger partial charge on any atom is 0.246 e. The van der Waals surface area contributed by atoms with Gasteiger partial charge in [0.1, 0.15) is 6.04 Å². The molecule has 184 valence electrons. The van der Waals surface area contributed by atoms with E-state index in [-0.39, 0.29) is 29.3 Å². The van der Waals surface area contributed by atoms with E-state index in [0.29, 0.717) is 6.42 Å². The number of carbonyl (C=O) groups excluding carboxylic acids is 2. The van der Waals surface area contributed by atoms with Crippen molar-refractivity contribution in [1.82, 2.24) is 24.4 Å². The van der Waals surface area contributed by atoms with Gasteiger partial charge in [0.05, 0.1) is 35.7 Å². The first-order valence-electron chi connectivity index (χ1n) is 12.3. The van der Waals surface area contributed by atoms with Crippen LogP contribution in [0.2, 0.25) is 0 Å². The molecule has 2 aromatic heterocycles. The van der Waals surface area contributed by atoms with E-state index in [0.717, 1.165) is 47.7 Å². The zero-order valence-electron chi connectivity index (χ0n) is 21.4. The fourth-order valence-corrected chi connectivity index (χ4v) is 5.60. The van der Waals surface area contributed by atoms with E-state index in [1.54, 1.807) is 11.9 Å². The first-order chi connectivity index (χ1) is 16.6. The smallest absolute Gasteiger partial charge is 0.246 e. The molecule has 0 aliphatic carbocycles. The SMILES string of the molecule is Cc1cc2ncc3c(n2n1)CCCN3c1ccc([C@H](N(C)C(=O)[C@@H]2CC(=O)N2C)C(C)(C)C)cc1. The third-order valence-corrected chi connectivity index (χ3v) is 7.36. The van der Waals surface area contributed by atoms with E-state index in [1.807, 2.05) is 35.6 Å². The number of aromatic nitrogens is 3. The van der Waals surface area contributed by atoms with Crippen LogP contribution in [0.1, 0.15) is 56.6 Å². The normalized spacial score (nSPS) is 18.9. The molecule has 0 N–H and O–H groups in total. The summed E-state index contributed by atoms with van der Waals surface area (Å²) in [5, 5.41) is 4.66. The monoisotopic (exact) mass is 474 g/mol. The van der Waals surface area contributed by atoms with Crippen molar-refractivity contribution in [1.29, 1.82) is 0 Å². The summed E-state index contributed by atoms with van der Waals surface area (Å²) in [6.45, 7) is 9.36. The first-order valence-corrected chi connectivity index (χ1v) is 12.3. The third-order valence-electron chi connectivity index (χ3n) is 7.36. The van der Waals surface area contributed by atoms with Gasteiger partial charge < -0.3 is 14.7 Å². The van der Waals surface area contributed by atoms with Gasteiger partial charge in [-0.1, -0.05) is 32.9 Å². The molecule has 35 heavy (non-hydrogen) atoms. The number of benzene rings is 1. The van der Waals surface area contributed by atoms with Crippen molar-refractivity contribution in [3.63, 3.8) is 0 Å². The molecule has 2 atom stereocenters. The molecule has 0 spiro atoms. The fourth-order valence-electron chi connectivity index (χ4n) is 5.60. The summed E-state index contributed by atoms with van der Waals surface area (Å²) in [4.78, 5) is 35.2. The Hall–Kier alpha value is -3.42. The van der Waals surface area contributed by atoms with Crippen molar-refractivity contribution in [2.24, 2.45) is 5.41 Å². The van der Waals surface area contributed by atoms with Gasteiger partial charge >= 0.3 is 0 Å². The number of hydrogen-bond acceptors (Lipinski definition) is 5. The molecule has 3 aromatic rings. The van der Waals surface area contributed by atoms with Gasteiger partial charge in [-0.05, 0) is 42.9 Å².